The number of benzene rings is 1. The van der Waals surface area contributed by atoms with E-state index in [4.69, 9.17) is 4.42 Å². The van der Waals surface area contributed by atoms with Crippen molar-refractivity contribution in [2.45, 2.75) is 24.8 Å². The number of thioether (sulfide) groups is 1. The van der Waals surface area contributed by atoms with Gasteiger partial charge in [-0.1, -0.05) is 29.5 Å². The summed E-state index contributed by atoms with van der Waals surface area (Å²) in [6, 6.07) is 8.11. The second-order valence-corrected chi connectivity index (χ2v) is 5.44. The first-order chi connectivity index (χ1) is 9.70. The van der Waals surface area contributed by atoms with Gasteiger partial charge in [0.1, 0.15) is 12.1 Å². The van der Waals surface area contributed by atoms with Crippen molar-refractivity contribution < 1.29 is 4.42 Å². The quantitative estimate of drug-likeness (QED) is 0.745. The molecule has 1 N–H and O–H groups in total. The molecule has 0 bridgehead atoms. The van der Waals surface area contributed by atoms with Crippen LogP contribution in [-0.2, 0) is 5.75 Å². The van der Waals surface area contributed by atoms with Gasteiger partial charge in [0, 0.05) is 11.3 Å². The predicted octanol–water partition coefficient (Wildman–Crippen LogP) is 3.37. The zero-order chi connectivity index (χ0) is 13.9. The van der Waals surface area contributed by atoms with Crippen LogP contribution >= 0.6 is 11.8 Å². The Kier molecular flexibility index (Phi) is 3.56. The second-order valence-electron chi connectivity index (χ2n) is 4.50. The van der Waals surface area contributed by atoms with Gasteiger partial charge in [0.25, 0.3) is 0 Å². The lowest BCUT2D eigenvalue weighted by Crippen LogP contribution is -1.83. The van der Waals surface area contributed by atoms with E-state index in [0.29, 0.717) is 11.6 Å². The summed E-state index contributed by atoms with van der Waals surface area (Å²) in [4.78, 5) is 8.72. The van der Waals surface area contributed by atoms with Crippen LogP contribution in [0.1, 0.15) is 17.1 Å². The Bertz CT molecular complexity index is 702. The van der Waals surface area contributed by atoms with Crippen LogP contribution in [0.4, 0.5) is 0 Å². The lowest BCUT2D eigenvalue weighted by atomic mass is 10.1. The highest BCUT2D eigenvalue weighted by Crippen LogP contribution is 2.23. The molecule has 2 heterocycles. The summed E-state index contributed by atoms with van der Waals surface area (Å²) >= 11 is 1.53. The molecule has 1 aromatic carbocycles. The number of rotatable bonds is 4. The minimum Gasteiger partial charge on any atom is -0.444 e. The molecule has 102 valence electrons. The van der Waals surface area contributed by atoms with E-state index in [1.54, 1.807) is 6.26 Å². The third kappa shape index (κ3) is 2.91. The molecule has 3 aromatic rings. The summed E-state index contributed by atoms with van der Waals surface area (Å²) in [7, 11) is 0. The number of aryl methyl sites for hydroxylation is 2. The largest absolute Gasteiger partial charge is 0.444 e. The molecule has 6 heteroatoms. The fraction of sp³-hybridized carbons (Fsp3) is 0.214. The lowest BCUT2D eigenvalue weighted by Gasteiger charge is -1.95. The van der Waals surface area contributed by atoms with Crippen LogP contribution in [0.2, 0.25) is 0 Å². The predicted molar refractivity (Wildman–Crippen MR) is 77.4 cm³/mol. The first-order valence-electron chi connectivity index (χ1n) is 6.24. The molecular formula is C14H14N4OS. The summed E-state index contributed by atoms with van der Waals surface area (Å²) in [6.07, 6.45) is 1.68. The molecule has 0 spiro atoms. The van der Waals surface area contributed by atoms with Gasteiger partial charge in [-0.05, 0) is 26.0 Å². The molecule has 0 aliphatic carbocycles. The summed E-state index contributed by atoms with van der Waals surface area (Å²) in [5.41, 5.74) is 3.09. The van der Waals surface area contributed by atoms with Crippen LogP contribution in [-0.4, -0.2) is 20.2 Å². The fourth-order valence-corrected chi connectivity index (χ4v) is 2.45. The van der Waals surface area contributed by atoms with Crippen LogP contribution in [0.25, 0.3) is 11.5 Å². The molecule has 0 saturated carbocycles. The van der Waals surface area contributed by atoms with Crippen molar-refractivity contribution in [1.29, 1.82) is 0 Å². The van der Waals surface area contributed by atoms with Gasteiger partial charge in [0.2, 0.25) is 11.0 Å². The monoisotopic (exact) mass is 286 g/mol. The van der Waals surface area contributed by atoms with Crippen molar-refractivity contribution >= 4 is 11.8 Å². The van der Waals surface area contributed by atoms with E-state index in [9.17, 15) is 0 Å². The summed E-state index contributed by atoms with van der Waals surface area (Å²) in [5.74, 6) is 2.15. The highest BCUT2D eigenvalue weighted by atomic mass is 32.2. The number of aromatic nitrogens is 4. The van der Waals surface area contributed by atoms with Gasteiger partial charge >= 0.3 is 0 Å². The van der Waals surface area contributed by atoms with E-state index in [1.165, 1.54) is 17.3 Å². The molecule has 0 atom stereocenters. The first kappa shape index (κ1) is 12.9. The van der Waals surface area contributed by atoms with E-state index in [0.717, 1.165) is 22.2 Å². The van der Waals surface area contributed by atoms with Crippen molar-refractivity contribution in [3.8, 4) is 11.5 Å². The average Bonchev–Trinajstić information content (AvgIpc) is 3.06. The maximum atomic E-state index is 5.51. The molecule has 0 fully saturated rings. The molecular weight excluding hydrogens is 272 g/mol. The normalized spacial score (nSPS) is 10.9. The molecule has 0 amide bonds. The van der Waals surface area contributed by atoms with Gasteiger partial charge in [0.15, 0.2) is 0 Å². The van der Waals surface area contributed by atoms with Crippen LogP contribution in [0.15, 0.2) is 40.1 Å². The number of H-pyrrole nitrogens is 1. The third-order valence-corrected chi connectivity index (χ3v) is 3.66. The Morgan fingerprint density at radius 3 is 2.65 bits per heavy atom. The van der Waals surface area contributed by atoms with E-state index in [-0.39, 0.29) is 0 Å². The van der Waals surface area contributed by atoms with Crippen LogP contribution in [0.5, 0.6) is 0 Å². The van der Waals surface area contributed by atoms with Crippen LogP contribution in [0, 0.1) is 13.8 Å². The number of oxazole rings is 1. The summed E-state index contributed by atoms with van der Waals surface area (Å²) in [5, 5.41) is 7.61. The maximum absolute atomic E-state index is 5.51. The van der Waals surface area contributed by atoms with Crippen molar-refractivity contribution in [3.05, 3.63) is 47.6 Å². The fourth-order valence-electron chi connectivity index (χ4n) is 1.73. The molecule has 0 radical (unpaired) electrons. The molecule has 2 aromatic heterocycles. The molecule has 0 aliphatic heterocycles. The van der Waals surface area contributed by atoms with Gasteiger partial charge in [0.05, 0.1) is 5.69 Å². The molecule has 0 aliphatic rings. The van der Waals surface area contributed by atoms with Crippen molar-refractivity contribution in [1.82, 2.24) is 20.2 Å². The number of nitrogens with zero attached hydrogens (tertiary/aromatic N) is 3. The van der Waals surface area contributed by atoms with Gasteiger partial charge < -0.3 is 4.42 Å². The van der Waals surface area contributed by atoms with Gasteiger partial charge in [-0.25, -0.2) is 9.97 Å². The molecule has 20 heavy (non-hydrogen) atoms. The molecule has 0 unspecified atom stereocenters. The highest BCUT2D eigenvalue weighted by molar-refractivity contribution is 7.98. The lowest BCUT2D eigenvalue weighted by molar-refractivity contribution is 0.573. The van der Waals surface area contributed by atoms with Crippen molar-refractivity contribution in [2.24, 2.45) is 0 Å². The minimum absolute atomic E-state index is 0.645. The van der Waals surface area contributed by atoms with Crippen LogP contribution < -0.4 is 0 Å². The SMILES string of the molecule is Cc1ccc(-c2nc(CSc3n[nH]c(C)n3)co2)cc1. The Balaban J connectivity index is 1.69. The van der Waals surface area contributed by atoms with Crippen molar-refractivity contribution in [2.75, 3.05) is 0 Å². The van der Waals surface area contributed by atoms with E-state index < -0.39 is 0 Å². The molecule has 5 nitrogen and oxygen atoms in total. The number of nitrogens with one attached hydrogen (secondary N) is 1. The number of aromatic amines is 1. The standard InChI is InChI=1S/C14H14N4OS/c1-9-3-5-11(6-4-9)13-16-12(7-19-13)8-20-14-15-10(2)17-18-14/h3-7H,8H2,1-2H3,(H,15,17,18). The number of hydrogen-bond acceptors (Lipinski definition) is 5. The average molecular weight is 286 g/mol. The highest BCUT2D eigenvalue weighted by Gasteiger charge is 2.08. The topological polar surface area (TPSA) is 67.6 Å². The Labute approximate surface area is 120 Å². The van der Waals surface area contributed by atoms with Crippen molar-refractivity contribution in [3.63, 3.8) is 0 Å². The van der Waals surface area contributed by atoms with Crippen LogP contribution in [0.3, 0.4) is 0 Å². The Morgan fingerprint density at radius 1 is 1.15 bits per heavy atom. The zero-order valence-corrected chi connectivity index (χ0v) is 12.1. The number of hydrogen-bond donors (Lipinski definition) is 1. The Morgan fingerprint density at radius 2 is 1.95 bits per heavy atom. The van der Waals surface area contributed by atoms with E-state index in [2.05, 4.69) is 27.1 Å². The smallest absolute Gasteiger partial charge is 0.226 e. The van der Waals surface area contributed by atoms with Gasteiger partial charge in [-0.2, -0.15) is 0 Å². The van der Waals surface area contributed by atoms with E-state index in [1.807, 2.05) is 31.2 Å². The van der Waals surface area contributed by atoms with E-state index >= 15 is 0 Å². The summed E-state index contributed by atoms with van der Waals surface area (Å²) in [6.45, 7) is 3.93. The molecule has 3 rings (SSSR count). The zero-order valence-electron chi connectivity index (χ0n) is 11.3. The minimum atomic E-state index is 0.645. The first-order valence-corrected chi connectivity index (χ1v) is 7.22. The summed E-state index contributed by atoms with van der Waals surface area (Å²) < 4.78 is 5.51. The Hall–Kier alpha value is -2.08. The maximum Gasteiger partial charge on any atom is 0.226 e. The molecule has 0 saturated heterocycles. The van der Waals surface area contributed by atoms with Gasteiger partial charge in [-0.3, -0.25) is 5.10 Å². The second kappa shape index (κ2) is 5.50. The third-order valence-electron chi connectivity index (χ3n) is 2.78. The van der Waals surface area contributed by atoms with Gasteiger partial charge in [-0.15, -0.1) is 5.10 Å².